The smallest absolute Gasteiger partial charge is 0.0440 e. The molecule has 2 nitrogen and oxygen atoms in total. The Labute approximate surface area is 95.3 Å². The van der Waals surface area contributed by atoms with Crippen LogP contribution in [0.1, 0.15) is 18.4 Å². The summed E-state index contributed by atoms with van der Waals surface area (Å²) in [7, 11) is 0. The van der Waals surface area contributed by atoms with E-state index >= 15 is 0 Å². The number of aliphatic hydroxyl groups excluding tert-OH is 1. The third-order valence-electron chi connectivity index (χ3n) is 3.29. The van der Waals surface area contributed by atoms with Crippen LogP contribution in [0.25, 0.3) is 0 Å². The zero-order valence-corrected chi connectivity index (χ0v) is 9.43. The van der Waals surface area contributed by atoms with Gasteiger partial charge in [0.05, 0.1) is 0 Å². The zero-order valence-electron chi connectivity index (χ0n) is 8.67. The summed E-state index contributed by atoms with van der Waals surface area (Å²) < 4.78 is 0. The van der Waals surface area contributed by atoms with Crippen molar-refractivity contribution in [1.29, 1.82) is 0 Å². The summed E-state index contributed by atoms with van der Waals surface area (Å²) in [5, 5.41) is 13.3. The van der Waals surface area contributed by atoms with E-state index in [1.54, 1.807) is 0 Å². The number of rotatable bonds is 3. The van der Waals surface area contributed by atoms with Crippen molar-refractivity contribution in [1.82, 2.24) is 5.32 Å². The molecular formula is C12H16ClNO. The monoisotopic (exact) mass is 225 g/mol. The van der Waals surface area contributed by atoms with Gasteiger partial charge in [-0.25, -0.2) is 0 Å². The van der Waals surface area contributed by atoms with Gasteiger partial charge in [0.25, 0.3) is 0 Å². The molecule has 2 rings (SSSR count). The number of benzene rings is 1. The van der Waals surface area contributed by atoms with E-state index in [4.69, 9.17) is 16.7 Å². The molecule has 0 radical (unpaired) electrons. The molecule has 1 atom stereocenters. The van der Waals surface area contributed by atoms with Crippen LogP contribution in [0.5, 0.6) is 0 Å². The van der Waals surface area contributed by atoms with E-state index in [1.165, 1.54) is 5.56 Å². The van der Waals surface area contributed by atoms with Crippen LogP contribution in [0.4, 0.5) is 0 Å². The fourth-order valence-corrected chi connectivity index (χ4v) is 2.49. The normalized spacial score (nSPS) is 25.7. The minimum Gasteiger partial charge on any atom is -0.396 e. The molecule has 2 N–H and O–H groups in total. The first-order valence-corrected chi connectivity index (χ1v) is 5.72. The van der Waals surface area contributed by atoms with E-state index in [-0.39, 0.29) is 12.0 Å². The van der Waals surface area contributed by atoms with Gasteiger partial charge in [0.2, 0.25) is 0 Å². The van der Waals surface area contributed by atoms with Gasteiger partial charge in [-0.2, -0.15) is 0 Å². The van der Waals surface area contributed by atoms with Crippen LogP contribution in [-0.2, 0) is 5.41 Å². The first-order valence-electron chi connectivity index (χ1n) is 5.34. The molecule has 3 heteroatoms. The van der Waals surface area contributed by atoms with Crippen molar-refractivity contribution in [3.05, 3.63) is 34.9 Å². The van der Waals surface area contributed by atoms with Gasteiger partial charge in [0, 0.05) is 23.6 Å². The standard InChI is InChI=1S/C12H16ClNO/c13-11-3-1-10(2-4-11)12(6-8-15)5-7-14-9-12/h1-4,14-15H,5-9H2/t12-/m0/s1. The van der Waals surface area contributed by atoms with Crippen molar-refractivity contribution in [2.75, 3.05) is 19.7 Å². The van der Waals surface area contributed by atoms with Crippen LogP contribution < -0.4 is 5.32 Å². The molecule has 1 saturated heterocycles. The second-order valence-electron chi connectivity index (χ2n) is 4.19. The van der Waals surface area contributed by atoms with E-state index < -0.39 is 0 Å². The lowest BCUT2D eigenvalue weighted by Crippen LogP contribution is -2.30. The highest BCUT2D eigenvalue weighted by molar-refractivity contribution is 6.30. The number of nitrogens with one attached hydrogen (secondary N) is 1. The molecule has 15 heavy (non-hydrogen) atoms. The summed E-state index contributed by atoms with van der Waals surface area (Å²) >= 11 is 5.88. The Kier molecular flexibility index (Phi) is 3.29. The molecule has 1 aromatic rings. The molecule has 0 spiro atoms. The van der Waals surface area contributed by atoms with E-state index in [1.807, 2.05) is 12.1 Å². The zero-order chi connectivity index (χ0) is 10.7. The van der Waals surface area contributed by atoms with Gasteiger partial charge in [0.1, 0.15) is 0 Å². The Bertz CT molecular complexity index is 317. The van der Waals surface area contributed by atoms with Gasteiger partial charge in [0.15, 0.2) is 0 Å². The number of halogens is 1. The lowest BCUT2D eigenvalue weighted by atomic mass is 9.77. The average molecular weight is 226 g/mol. The van der Waals surface area contributed by atoms with Gasteiger partial charge in [-0.1, -0.05) is 23.7 Å². The predicted molar refractivity (Wildman–Crippen MR) is 62.3 cm³/mol. The molecule has 1 aliphatic rings. The topological polar surface area (TPSA) is 32.3 Å². The molecule has 0 aromatic heterocycles. The first kappa shape index (κ1) is 10.9. The molecule has 0 bridgehead atoms. The number of hydrogen-bond donors (Lipinski definition) is 2. The lowest BCUT2D eigenvalue weighted by molar-refractivity contribution is 0.244. The van der Waals surface area contributed by atoms with E-state index in [9.17, 15) is 0 Å². The number of hydrogen-bond acceptors (Lipinski definition) is 2. The van der Waals surface area contributed by atoms with Crippen LogP contribution in [0, 0.1) is 0 Å². The summed E-state index contributed by atoms with van der Waals surface area (Å²) in [6.45, 7) is 2.22. The second-order valence-corrected chi connectivity index (χ2v) is 4.62. The number of aliphatic hydroxyl groups is 1. The molecule has 0 unspecified atom stereocenters. The van der Waals surface area contributed by atoms with Gasteiger partial charge in [-0.3, -0.25) is 0 Å². The van der Waals surface area contributed by atoms with Crippen LogP contribution in [0.15, 0.2) is 24.3 Å². The highest BCUT2D eigenvalue weighted by atomic mass is 35.5. The van der Waals surface area contributed by atoms with Gasteiger partial charge >= 0.3 is 0 Å². The van der Waals surface area contributed by atoms with Crippen LogP contribution >= 0.6 is 11.6 Å². The van der Waals surface area contributed by atoms with Gasteiger partial charge < -0.3 is 10.4 Å². The highest BCUT2D eigenvalue weighted by Crippen LogP contribution is 2.34. The molecule has 0 aliphatic carbocycles. The van der Waals surface area contributed by atoms with Crippen LogP contribution in [0.3, 0.4) is 0 Å². The van der Waals surface area contributed by atoms with Crippen LogP contribution in [-0.4, -0.2) is 24.8 Å². The van der Waals surface area contributed by atoms with E-state index in [0.717, 1.165) is 31.0 Å². The molecule has 1 aromatic carbocycles. The largest absolute Gasteiger partial charge is 0.396 e. The molecule has 0 amide bonds. The highest BCUT2D eigenvalue weighted by Gasteiger charge is 2.34. The maximum Gasteiger partial charge on any atom is 0.0440 e. The maximum atomic E-state index is 9.15. The third kappa shape index (κ3) is 2.17. The van der Waals surface area contributed by atoms with Crippen molar-refractivity contribution in [2.45, 2.75) is 18.3 Å². The predicted octanol–water partition coefficient (Wildman–Crippen LogP) is 1.95. The van der Waals surface area contributed by atoms with Gasteiger partial charge in [-0.15, -0.1) is 0 Å². The van der Waals surface area contributed by atoms with Crippen molar-refractivity contribution < 1.29 is 5.11 Å². The van der Waals surface area contributed by atoms with E-state index in [0.29, 0.717) is 0 Å². The quantitative estimate of drug-likeness (QED) is 0.824. The fraction of sp³-hybridized carbons (Fsp3) is 0.500. The molecule has 1 heterocycles. The molecular weight excluding hydrogens is 210 g/mol. The molecule has 1 aliphatic heterocycles. The summed E-state index contributed by atoms with van der Waals surface area (Å²) in [6, 6.07) is 8.00. The maximum absolute atomic E-state index is 9.15. The lowest BCUT2D eigenvalue weighted by Gasteiger charge is -2.28. The van der Waals surface area contributed by atoms with Crippen molar-refractivity contribution >= 4 is 11.6 Å². The summed E-state index contributed by atoms with van der Waals surface area (Å²) in [6.07, 6.45) is 1.91. The van der Waals surface area contributed by atoms with Gasteiger partial charge in [-0.05, 0) is 37.1 Å². The molecule has 0 saturated carbocycles. The SMILES string of the molecule is OCC[C@@]1(c2ccc(Cl)cc2)CCNC1. The Hall–Kier alpha value is -0.570. The summed E-state index contributed by atoms with van der Waals surface area (Å²) in [5.74, 6) is 0. The molecule has 1 fully saturated rings. The summed E-state index contributed by atoms with van der Waals surface area (Å²) in [5.41, 5.74) is 1.39. The Morgan fingerprint density at radius 2 is 2.07 bits per heavy atom. The van der Waals surface area contributed by atoms with Crippen molar-refractivity contribution in [2.24, 2.45) is 0 Å². The van der Waals surface area contributed by atoms with E-state index in [2.05, 4.69) is 17.4 Å². The Balaban J connectivity index is 2.28. The van der Waals surface area contributed by atoms with Crippen molar-refractivity contribution in [3.8, 4) is 0 Å². The minimum absolute atomic E-state index is 0.110. The minimum atomic E-state index is 0.110. The molecule has 82 valence electrons. The second kappa shape index (κ2) is 4.52. The first-order chi connectivity index (χ1) is 7.27. The summed E-state index contributed by atoms with van der Waals surface area (Å²) in [4.78, 5) is 0. The third-order valence-corrected chi connectivity index (χ3v) is 3.54. The average Bonchev–Trinajstić information content (AvgIpc) is 2.69. The Morgan fingerprint density at radius 1 is 1.33 bits per heavy atom. The van der Waals surface area contributed by atoms with Crippen molar-refractivity contribution in [3.63, 3.8) is 0 Å². The fourth-order valence-electron chi connectivity index (χ4n) is 2.37. The van der Waals surface area contributed by atoms with Crippen LogP contribution in [0.2, 0.25) is 5.02 Å². The Morgan fingerprint density at radius 3 is 2.60 bits per heavy atom.